The molecule has 2 unspecified atom stereocenters. The fourth-order valence-corrected chi connectivity index (χ4v) is 4.19. The van der Waals surface area contributed by atoms with Gasteiger partial charge in [-0.3, -0.25) is 14.4 Å². The summed E-state index contributed by atoms with van der Waals surface area (Å²) in [7, 11) is 0. The minimum Gasteiger partial charge on any atom is -0.441 e. The van der Waals surface area contributed by atoms with Crippen LogP contribution in [0.2, 0.25) is 0 Å². The number of nitrogens with one attached hydrogen (secondary N) is 2. The molecule has 2 aromatic carbocycles. The number of nitrogens with zero attached hydrogens (tertiary/aromatic N) is 2. The van der Waals surface area contributed by atoms with Gasteiger partial charge in [0.2, 0.25) is 17.7 Å². The Hall–Kier alpha value is -3.80. The third-order valence-electron chi connectivity index (χ3n) is 6.24. The van der Waals surface area contributed by atoms with Gasteiger partial charge in [-0.25, -0.2) is 4.98 Å². The monoisotopic (exact) mass is 537 g/mol. The fourth-order valence-electron chi connectivity index (χ4n) is 4.19. The lowest BCUT2D eigenvalue weighted by Gasteiger charge is -2.24. The molecule has 0 saturated carbocycles. The largest absolute Gasteiger partial charge is 0.441 e. The Morgan fingerprint density at radius 1 is 1.00 bits per heavy atom. The van der Waals surface area contributed by atoms with Gasteiger partial charge in [-0.05, 0) is 43.0 Å². The third kappa shape index (κ3) is 8.88. The molecule has 0 bridgehead atoms. The van der Waals surface area contributed by atoms with Gasteiger partial charge in [-0.1, -0.05) is 37.3 Å². The minimum absolute atomic E-state index is 0.220. The molecule has 1 aromatic heterocycles. The summed E-state index contributed by atoms with van der Waals surface area (Å²) in [4.78, 5) is 44.9. The van der Waals surface area contributed by atoms with Crippen molar-refractivity contribution in [1.29, 1.82) is 0 Å². The highest BCUT2D eigenvalue weighted by atomic mass is 16.3. The van der Waals surface area contributed by atoms with Crippen LogP contribution in [-0.2, 0) is 27.2 Å². The van der Waals surface area contributed by atoms with E-state index in [1.54, 1.807) is 18.2 Å². The Morgan fingerprint density at radius 2 is 1.72 bits per heavy atom. The zero-order valence-corrected chi connectivity index (χ0v) is 22.4. The van der Waals surface area contributed by atoms with Crippen molar-refractivity contribution in [2.45, 2.75) is 51.1 Å². The number of carbonyl (C=O) groups is 3. The van der Waals surface area contributed by atoms with Crippen LogP contribution in [0.4, 0.5) is 5.69 Å². The first-order chi connectivity index (χ1) is 18.8. The van der Waals surface area contributed by atoms with Crippen LogP contribution in [0.25, 0.3) is 11.1 Å². The van der Waals surface area contributed by atoms with Crippen molar-refractivity contribution in [3.05, 3.63) is 60.0 Å². The van der Waals surface area contributed by atoms with Gasteiger partial charge in [0, 0.05) is 38.3 Å². The minimum atomic E-state index is -1.13. The van der Waals surface area contributed by atoms with Crippen molar-refractivity contribution in [1.82, 2.24) is 15.2 Å². The van der Waals surface area contributed by atoms with Crippen molar-refractivity contribution in [3.63, 3.8) is 0 Å². The molecule has 0 spiro atoms. The highest BCUT2D eigenvalue weighted by Crippen LogP contribution is 2.21. The van der Waals surface area contributed by atoms with E-state index in [1.807, 2.05) is 37.3 Å². The number of amides is 3. The predicted octanol–water partition coefficient (Wildman–Crippen LogP) is 1.30. The molecular weight excluding hydrogens is 498 g/mol. The maximum absolute atomic E-state index is 13.3. The molecule has 0 aliphatic carbocycles. The zero-order valence-electron chi connectivity index (χ0n) is 22.4. The first kappa shape index (κ1) is 29.8. The number of anilines is 1. The van der Waals surface area contributed by atoms with E-state index < -0.39 is 23.9 Å². The van der Waals surface area contributed by atoms with E-state index in [9.17, 15) is 14.4 Å². The average molecular weight is 538 g/mol. The van der Waals surface area contributed by atoms with Gasteiger partial charge in [0.15, 0.2) is 11.5 Å². The number of aromatic nitrogens is 1. The molecule has 11 nitrogen and oxygen atoms in total. The lowest BCUT2D eigenvalue weighted by Crippen LogP contribution is -2.52. The highest BCUT2D eigenvalue weighted by molar-refractivity contribution is 5.99. The summed E-state index contributed by atoms with van der Waals surface area (Å²) in [6, 6.07) is 12.9. The molecule has 0 aliphatic heterocycles. The Morgan fingerprint density at radius 3 is 2.38 bits per heavy atom. The summed E-state index contributed by atoms with van der Waals surface area (Å²) < 4.78 is 5.72. The zero-order chi connectivity index (χ0) is 28.2. The van der Waals surface area contributed by atoms with E-state index in [0.717, 1.165) is 18.4 Å². The number of aryl methyl sites for hydroxylation is 2. The summed E-state index contributed by atoms with van der Waals surface area (Å²) in [6.45, 7) is 3.23. The highest BCUT2D eigenvalue weighted by Gasteiger charge is 2.26. The second-order valence-electron chi connectivity index (χ2n) is 9.38. The molecular formula is C28H39N7O4. The number of carbonyl (C=O) groups excluding carboxylic acids is 3. The van der Waals surface area contributed by atoms with E-state index in [4.69, 9.17) is 21.6 Å². The van der Waals surface area contributed by atoms with E-state index >= 15 is 0 Å². The second kappa shape index (κ2) is 15.0. The number of hydrogen-bond donors (Lipinski definition) is 5. The maximum atomic E-state index is 13.3. The van der Waals surface area contributed by atoms with Gasteiger partial charge in [0.05, 0.1) is 12.5 Å². The van der Waals surface area contributed by atoms with E-state index in [-0.39, 0.29) is 25.4 Å². The molecule has 2 atom stereocenters. The summed E-state index contributed by atoms with van der Waals surface area (Å²) in [6.07, 6.45) is 2.30. The van der Waals surface area contributed by atoms with Gasteiger partial charge in [0.25, 0.3) is 0 Å². The molecule has 3 amide bonds. The molecule has 3 rings (SSSR count). The Bertz CT molecular complexity index is 1230. The van der Waals surface area contributed by atoms with E-state index in [2.05, 4.69) is 15.6 Å². The summed E-state index contributed by atoms with van der Waals surface area (Å²) in [5, 5.41) is 5.61. The van der Waals surface area contributed by atoms with E-state index in [0.29, 0.717) is 48.6 Å². The molecule has 11 heteroatoms. The molecule has 0 saturated heterocycles. The summed E-state index contributed by atoms with van der Waals surface area (Å²) in [5.41, 5.74) is 20.1. The Balaban J connectivity index is 1.70. The van der Waals surface area contributed by atoms with Gasteiger partial charge in [-0.2, -0.15) is 0 Å². The smallest absolute Gasteiger partial charge is 0.246 e. The molecule has 1 heterocycles. The van der Waals surface area contributed by atoms with Crippen LogP contribution >= 0.6 is 0 Å². The molecule has 0 fully saturated rings. The van der Waals surface area contributed by atoms with Crippen LogP contribution in [0.3, 0.4) is 0 Å². The normalized spacial score (nSPS) is 12.6. The van der Waals surface area contributed by atoms with Gasteiger partial charge in [0.1, 0.15) is 11.6 Å². The maximum Gasteiger partial charge on any atom is 0.246 e. The number of rotatable bonds is 15. The van der Waals surface area contributed by atoms with Crippen molar-refractivity contribution < 1.29 is 18.8 Å². The molecule has 0 aliphatic rings. The number of hydrogen-bond acceptors (Lipinski definition) is 8. The molecule has 0 radical (unpaired) electrons. The second-order valence-corrected chi connectivity index (χ2v) is 9.38. The van der Waals surface area contributed by atoms with Crippen LogP contribution in [0.5, 0.6) is 0 Å². The third-order valence-corrected chi connectivity index (χ3v) is 6.24. The lowest BCUT2D eigenvalue weighted by molar-refractivity contribution is -0.134. The van der Waals surface area contributed by atoms with Crippen LogP contribution in [0.15, 0.2) is 52.9 Å². The number of oxazole rings is 1. The first-order valence-corrected chi connectivity index (χ1v) is 13.3. The average Bonchev–Trinajstić information content (AvgIpc) is 3.33. The molecule has 210 valence electrons. The standard InChI is InChI=1S/C28H39N7O4/c1-2-6-25-33-23-17-20(10-12-24(23)39-25)32-28(38)22(11-9-19-7-4-3-5-8-19)34-27(37)21(31)18-26(36)35(15-13-29)16-14-30/h3-5,7-8,10,12,17,21-22H,2,6,9,11,13-16,18,29-31H2,1H3,(H,32,38)(H,34,37). The van der Waals surface area contributed by atoms with Crippen LogP contribution in [-0.4, -0.2) is 65.9 Å². The number of benzene rings is 2. The first-order valence-electron chi connectivity index (χ1n) is 13.3. The van der Waals surface area contributed by atoms with Crippen molar-refractivity contribution in [2.24, 2.45) is 17.2 Å². The number of nitrogens with two attached hydrogens (primary N) is 3. The van der Waals surface area contributed by atoms with Gasteiger partial charge in [-0.15, -0.1) is 0 Å². The topological polar surface area (TPSA) is 183 Å². The van der Waals surface area contributed by atoms with Crippen LogP contribution in [0.1, 0.15) is 37.6 Å². The fraction of sp³-hybridized carbons (Fsp3) is 0.429. The summed E-state index contributed by atoms with van der Waals surface area (Å²) in [5.74, 6) is -0.665. The van der Waals surface area contributed by atoms with Crippen molar-refractivity contribution in [3.8, 4) is 0 Å². The van der Waals surface area contributed by atoms with E-state index in [1.165, 1.54) is 4.90 Å². The number of fused-ring (bicyclic) bond motifs is 1. The summed E-state index contributed by atoms with van der Waals surface area (Å²) >= 11 is 0. The molecule has 8 N–H and O–H groups in total. The van der Waals surface area contributed by atoms with Crippen LogP contribution < -0.4 is 27.8 Å². The predicted molar refractivity (Wildman–Crippen MR) is 151 cm³/mol. The van der Waals surface area contributed by atoms with Crippen molar-refractivity contribution >= 4 is 34.5 Å². The Labute approximate surface area is 228 Å². The lowest BCUT2D eigenvalue weighted by atomic mass is 10.0. The SMILES string of the molecule is CCCc1nc2cc(NC(=O)C(CCc3ccccc3)NC(=O)C(N)CC(=O)N(CCN)CCN)ccc2o1. The van der Waals surface area contributed by atoms with Crippen LogP contribution in [0, 0.1) is 0 Å². The molecule has 3 aromatic rings. The Kier molecular flexibility index (Phi) is 11.4. The van der Waals surface area contributed by atoms with Gasteiger partial charge >= 0.3 is 0 Å². The molecule has 39 heavy (non-hydrogen) atoms. The van der Waals surface area contributed by atoms with Crippen molar-refractivity contribution in [2.75, 3.05) is 31.5 Å². The quantitative estimate of drug-likeness (QED) is 0.192. The van der Waals surface area contributed by atoms with Gasteiger partial charge < -0.3 is 37.2 Å².